The number of hydrogen-bond acceptors (Lipinski definition) is 5. The van der Waals surface area contributed by atoms with Crippen LogP contribution in [0.15, 0.2) is 175 Å². The van der Waals surface area contributed by atoms with Crippen LogP contribution in [-0.2, 0) is 16.5 Å². The van der Waals surface area contributed by atoms with Gasteiger partial charge in [-0.3, -0.25) is 0 Å². The molecule has 0 amide bonds. The predicted molar refractivity (Wildman–Crippen MR) is 201 cm³/mol. The topological polar surface area (TPSA) is 75.7 Å². The Morgan fingerprint density at radius 2 is 1.00 bits per heavy atom. The monoisotopic (exact) mass is 688 g/mol. The van der Waals surface area contributed by atoms with Gasteiger partial charge in [0.05, 0.1) is 24.3 Å². The molecule has 0 aliphatic heterocycles. The van der Waals surface area contributed by atoms with Gasteiger partial charge < -0.3 is 14.0 Å². The maximum absolute atomic E-state index is 10.4. The molecule has 6 aromatic carbocycles. The Bertz CT molecular complexity index is 1860. The highest BCUT2D eigenvalue weighted by molar-refractivity contribution is 7.95. The van der Waals surface area contributed by atoms with Crippen LogP contribution in [0.5, 0.6) is 11.5 Å². The van der Waals surface area contributed by atoms with E-state index in [-0.39, 0.29) is 4.90 Å². The normalized spacial score (nSPS) is 11.2. The van der Waals surface area contributed by atoms with Crippen LogP contribution < -0.4 is 25.4 Å². The fourth-order valence-electron chi connectivity index (χ4n) is 5.67. The van der Waals surface area contributed by atoms with Gasteiger partial charge >= 0.3 is 0 Å². The highest BCUT2D eigenvalue weighted by Gasteiger charge is 2.44. The van der Waals surface area contributed by atoms with Gasteiger partial charge in [0, 0.05) is 12.8 Å². The van der Waals surface area contributed by atoms with E-state index in [2.05, 4.69) is 115 Å². The minimum absolute atomic E-state index is 0.178. The van der Waals surface area contributed by atoms with Gasteiger partial charge in [-0.1, -0.05) is 109 Å². The highest BCUT2D eigenvalue weighted by Crippen LogP contribution is 2.55. The zero-order valence-corrected chi connectivity index (χ0v) is 29.3. The van der Waals surface area contributed by atoms with Crippen molar-refractivity contribution in [3.8, 4) is 11.5 Å². The highest BCUT2D eigenvalue weighted by atomic mass is 32.2. The maximum atomic E-state index is 10.4. The molecule has 7 heteroatoms. The minimum atomic E-state index is -4.27. The molecule has 0 aliphatic carbocycles. The summed E-state index contributed by atoms with van der Waals surface area (Å²) in [5, 5.41) is 4.23. The molecule has 5 nitrogen and oxygen atoms in total. The van der Waals surface area contributed by atoms with Crippen molar-refractivity contribution < 1.29 is 22.4 Å². The van der Waals surface area contributed by atoms with Crippen molar-refractivity contribution >= 4 is 33.3 Å². The predicted octanol–water partition coefficient (Wildman–Crippen LogP) is 7.97. The lowest BCUT2D eigenvalue weighted by atomic mass is 10.1. The molecule has 250 valence electrons. The molecule has 0 spiro atoms. The Morgan fingerprint density at radius 3 is 1.51 bits per heavy atom. The second kappa shape index (κ2) is 17.6. The van der Waals surface area contributed by atoms with E-state index >= 15 is 0 Å². The molecule has 0 bridgehead atoms. The number of para-hydroxylation sites is 2. The fourth-order valence-corrected chi connectivity index (χ4v) is 10.4. The zero-order valence-electron chi connectivity index (χ0n) is 27.6. The van der Waals surface area contributed by atoms with Crippen LogP contribution in [0.25, 0.3) is 0 Å². The molecule has 49 heavy (non-hydrogen) atoms. The van der Waals surface area contributed by atoms with Gasteiger partial charge in [-0.05, 0) is 79.2 Å². The maximum Gasteiger partial charge on any atom is 0.124 e. The van der Waals surface area contributed by atoms with Crippen molar-refractivity contribution in [3.63, 3.8) is 0 Å². The van der Waals surface area contributed by atoms with Gasteiger partial charge in [-0.15, -0.1) is 0 Å². The van der Waals surface area contributed by atoms with E-state index in [1.165, 1.54) is 33.6 Å². The minimum Gasteiger partial charge on any atom is -0.744 e. The molecule has 6 rings (SSSR count). The molecule has 0 unspecified atom stereocenters. The molecule has 0 fully saturated rings. The zero-order chi connectivity index (χ0) is 34.4. The van der Waals surface area contributed by atoms with E-state index in [0.717, 1.165) is 36.1 Å². The molecule has 0 aromatic heterocycles. The van der Waals surface area contributed by atoms with Gasteiger partial charge in [0.2, 0.25) is 0 Å². The van der Waals surface area contributed by atoms with Crippen molar-refractivity contribution in [2.75, 3.05) is 19.4 Å². The van der Waals surface area contributed by atoms with E-state index in [0.29, 0.717) is 13.2 Å². The van der Waals surface area contributed by atoms with Gasteiger partial charge in [0.25, 0.3) is 0 Å². The molecular formula is C42H41O5PS. The summed E-state index contributed by atoms with van der Waals surface area (Å²) >= 11 is 0. The summed E-state index contributed by atoms with van der Waals surface area (Å²) in [4.78, 5) is -0.178. The lowest BCUT2D eigenvalue weighted by Gasteiger charge is -2.28. The Morgan fingerprint density at radius 1 is 0.551 bits per heavy atom. The van der Waals surface area contributed by atoms with Crippen LogP contribution in [0.3, 0.4) is 0 Å². The van der Waals surface area contributed by atoms with Gasteiger partial charge in [0.1, 0.15) is 44.8 Å². The summed E-state index contributed by atoms with van der Waals surface area (Å²) in [7, 11) is -6.15. The largest absolute Gasteiger partial charge is 0.744 e. The van der Waals surface area contributed by atoms with Crippen molar-refractivity contribution in [1.82, 2.24) is 0 Å². The molecule has 0 N–H and O–H groups in total. The van der Waals surface area contributed by atoms with Crippen LogP contribution in [0, 0.1) is 6.92 Å². The van der Waals surface area contributed by atoms with Crippen molar-refractivity contribution in [3.05, 3.63) is 181 Å². The smallest absolute Gasteiger partial charge is 0.124 e. The first kappa shape index (κ1) is 35.6. The summed E-state index contributed by atoms with van der Waals surface area (Å²) in [5.74, 6) is 1.87. The van der Waals surface area contributed by atoms with Crippen LogP contribution in [0.4, 0.5) is 0 Å². The standard InChI is InChI=1S/C35H34O2P.C7H8O3S/c1-5-17-31(18-6-1)36-27-15-28-37-35-25-14-13-16-30(35)26-29-38(32-19-7-2-8-20-32,33-21-9-3-10-22-33)34-23-11-4-12-24-34;1-6-2-4-7(5-3-6)11(8,9)10/h1-14,16-25H,15,26-29H2;2-5H,1H3,(H,8,9,10)/q+1;/p-1. The summed E-state index contributed by atoms with van der Waals surface area (Å²) in [6.45, 7) is 3.08. The molecule has 0 saturated heterocycles. The lowest BCUT2D eigenvalue weighted by Crippen LogP contribution is -2.34. The Balaban J connectivity index is 0.000000363. The number of benzene rings is 6. The Labute approximate surface area is 291 Å². The average Bonchev–Trinajstić information content (AvgIpc) is 3.14. The third-order valence-corrected chi connectivity index (χ3v) is 13.4. The number of rotatable bonds is 13. The number of hydrogen-bond donors (Lipinski definition) is 0. The molecule has 6 aromatic rings. The van der Waals surface area contributed by atoms with E-state index in [9.17, 15) is 13.0 Å². The van der Waals surface area contributed by atoms with E-state index in [4.69, 9.17) is 9.47 Å². The van der Waals surface area contributed by atoms with Crippen molar-refractivity contribution in [1.29, 1.82) is 0 Å². The van der Waals surface area contributed by atoms with Gasteiger partial charge in [-0.25, -0.2) is 8.42 Å². The van der Waals surface area contributed by atoms with Crippen molar-refractivity contribution in [2.45, 2.75) is 24.7 Å². The van der Waals surface area contributed by atoms with E-state index in [1.807, 2.05) is 37.3 Å². The summed E-state index contributed by atoms with van der Waals surface area (Å²) in [6.07, 6.45) is 2.80. The second-order valence-corrected chi connectivity index (χ2v) is 16.5. The average molecular weight is 689 g/mol. The Hall–Kier alpha value is -4.74. The van der Waals surface area contributed by atoms with Crippen molar-refractivity contribution in [2.24, 2.45) is 0 Å². The SMILES string of the molecule is Cc1ccc(S(=O)(=O)[O-])cc1.c1ccc(OCCCOc2ccccc2CC[P+](c2ccccc2)(c2ccccc2)c2ccccc2)cc1. The first-order valence-corrected chi connectivity index (χ1v) is 19.7. The molecular weight excluding hydrogens is 647 g/mol. The number of aryl methyl sites for hydroxylation is 2. The van der Waals surface area contributed by atoms with Crippen LogP contribution in [-0.4, -0.2) is 32.3 Å². The van der Waals surface area contributed by atoms with E-state index in [1.54, 1.807) is 12.1 Å². The van der Waals surface area contributed by atoms with E-state index < -0.39 is 17.4 Å². The Kier molecular flexibility index (Phi) is 12.8. The molecule has 0 radical (unpaired) electrons. The summed E-state index contributed by atoms with van der Waals surface area (Å²) < 4.78 is 43.3. The summed E-state index contributed by atoms with van der Waals surface area (Å²) in [5.41, 5.74) is 2.18. The molecule has 0 aliphatic rings. The lowest BCUT2D eigenvalue weighted by molar-refractivity contribution is 0.246. The molecule has 0 atom stereocenters. The first-order chi connectivity index (χ1) is 23.9. The molecule has 0 heterocycles. The number of ether oxygens (including phenoxy) is 2. The van der Waals surface area contributed by atoms with Crippen LogP contribution >= 0.6 is 7.26 Å². The molecule has 0 saturated carbocycles. The van der Waals surface area contributed by atoms with Crippen LogP contribution in [0.2, 0.25) is 0 Å². The van der Waals surface area contributed by atoms with Gasteiger partial charge in [-0.2, -0.15) is 0 Å². The first-order valence-electron chi connectivity index (χ1n) is 16.3. The third-order valence-electron chi connectivity index (χ3n) is 8.15. The van der Waals surface area contributed by atoms with Gasteiger partial charge in [0.15, 0.2) is 0 Å². The summed E-state index contributed by atoms with van der Waals surface area (Å²) in [6, 6.07) is 57.4. The quantitative estimate of drug-likeness (QED) is 0.0699. The third kappa shape index (κ3) is 9.90. The van der Waals surface area contributed by atoms with Crippen LogP contribution in [0.1, 0.15) is 17.5 Å². The fraction of sp³-hybridized carbons (Fsp3) is 0.143. The second-order valence-electron chi connectivity index (χ2n) is 11.5.